The third-order valence-electron chi connectivity index (χ3n) is 2.66. The number of H-pyrrole nitrogens is 1. The van der Waals surface area contributed by atoms with Crippen molar-refractivity contribution in [1.82, 2.24) is 9.97 Å². The number of nitrogens with zero attached hydrogens (tertiary/aromatic N) is 1. The highest BCUT2D eigenvalue weighted by Gasteiger charge is 2.11. The Hall–Kier alpha value is -2.47. The fraction of sp³-hybridized carbons (Fsp3) is 0. The summed E-state index contributed by atoms with van der Waals surface area (Å²) < 4.78 is 1.01. The molecule has 0 aliphatic rings. The number of thiazole rings is 1. The van der Waals surface area contributed by atoms with Crippen LogP contribution in [0.5, 0.6) is 0 Å². The Balaban J connectivity index is 2.14. The number of para-hydroxylation sites is 1. The summed E-state index contributed by atoms with van der Waals surface area (Å²) in [6.45, 7) is 0. The van der Waals surface area contributed by atoms with Crippen molar-refractivity contribution in [3.63, 3.8) is 0 Å². The minimum absolute atomic E-state index is 0.273. The Morgan fingerprint density at radius 1 is 1.21 bits per heavy atom. The molecule has 0 saturated heterocycles. The summed E-state index contributed by atoms with van der Waals surface area (Å²) >= 11 is 1.44. The molecule has 3 aromatic rings. The average Bonchev–Trinajstić information content (AvgIpc) is 2.81. The monoisotopic (exact) mass is 272 g/mol. The molecule has 94 valence electrons. The first-order chi connectivity index (χ1) is 9.15. The lowest BCUT2D eigenvalue weighted by atomic mass is 10.2. The van der Waals surface area contributed by atoms with Crippen LogP contribution in [-0.2, 0) is 0 Å². The molecule has 0 unspecified atom stereocenters. The fourth-order valence-corrected chi connectivity index (χ4v) is 2.70. The van der Waals surface area contributed by atoms with Crippen LogP contribution in [0.3, 0.4) is 0 Å². The van der Waals surface area contributed by atoms with Gasteiger partial charge in [0, 0.05) is 0 Å². The first-order valence-corrected chi connectivity index (χ1v) is 6.29. The molecule has 0 saturated carbocycles. The maximum absolute atomic E-state index is 11.6. The third kappa shape index (κ3) is 2.02. The number of aromatic carboxylic acids is 1. The van der Waals surface area contributed by atoms with E-state index in [0.29, 0.717) is 10.7 Å². The Labute approximate surface area is 111 Å². The highest BCUT2D eigenvalue weighted by molar-refractivity contribution is 7.21. The fourth-order valence-electron chi connectivity index (χ4n) is 1.75. The molecule has 0 spiro atoms. The van der Waals surface area contributed by atoms with Crippen LogP contribution in [0.25, 0.3) is 20.9 Å². The predicted molar refractivity (Wildman–Crippen MR) is 72.6 cm³/mol. The maximum atomic E-state index is 11.6. The second-order valence-corrected chi connectivity index (χ2v) is 4.94. The lowest BCUT2D eigenvalue weighted by Gasteiger charge is -1.97. The maximum Gasteiger partial charge on any atom is 0.341 e. The van der Waals surface area contributed by atoms with Crippen LogP contribution in [0.4, 0.5) is 0 Å². The van der Waals surface area contributed by atoms with E-state index in [1.165, 1.54) is 17.4 Å². The number of fused-ring (bicyclic) bond motifs is 1. The number of nitrogens with one attached hydrogen (secondary N) is 1. The van der Waals surface area contributed by atoms with Gasteiger partial charge in [0.2, 0.25) is 0 Å². The molecule has 6 heteroatoms. The average molecular weight is 272 g/mol. The van der Waals surface area contributed by atoms with Gasteiger partial charge in [-0.3, -0.25) is 4.79 Å². The Bertz CT molecular complexity index is 802. The normalized spacial score (nSPS) is 10.7. The summed E-state index contributed by atoms with van der Waals surface area (Å²) in [5.74, 6) is -1.24. The molecule has 0 radical (unpaired) electrons. The number of aromatic amines is 1. The van der Waals surface area contributed by atoms with Crippen molar-refractivity contribution in [3.05, 3.63) is 52.3 Å². The van der Waals surface area contributed by atoms with Crippen molar-refractivity contribution < 1.29 is 9.90 Å². The van der Waals surface area contributed by atoms with Crippen LogP contribution in [0.1, 0.15) is 10.4 Å². The van der Waals surface area contributed by atoms with Crippen LogP contribution >= 0.6 is 11.3 Å². The van der Waals surface area contributed by atoms with E-state index in [4.69, 9.17) is 5.11 Å². The second kappa shape index (κ2) is 4.33. The van der Waals surface area contributed by atoms with Gasteiger partial charge in [-0.2, -0.15) is 0 Å². The molecule has 2 N–H and O–H groups in total. The van der Waals surface area contributed by atoms with Crippen molar-refractivity contribution in [2.24, 2.45) is 0 Å². The van der Waals surface area contributed by atoms with Gasteiger partial charge in [0.15, 0.2) is 0 Å². The molecular formula is C13H8N2O3S. The van der Waals surface area contributed by atoms with E-state index in [0.717, 1.165) is 10.2 Å². The summed E-state index contributed by atoms with van der Waals surface area (Å²) in [4.78, 5) is 29.3. The van der Waals surface area contributed by atoms with Gasteiger partial charge in [0.25, 0.3) is 5.56 Å². The summed E-state index contributed by atoms with van der Waals surface area (Å²) in [5.41, 5.74) is 0.482. The molecule has 0 atom stereocenters. The number of hydrogen-bond acceptors (Lipinski definition) is 4. The molecule has 1 aromatic carbocycles. The summed E-state index contributed by atoms with van der Waals surface area (Å²) in [6.07, 6.45) is 0. The molecule has 0 fully saturated rings. The molecule has 2 aromatic heterocycles. The summed E-state index contributed by atoms with van der Waals surface area (Å²) in [7, 11) is 0. The third-order valence-corrected chi connectivity index (χ3v) is 3.73. The van der Waals surface area contributed by atoms with Crippen LogP contribution in [0, 0.1) is 0 Å². The quantitative estimate of drug-likeness (QED) is 0.750. The van der Waals surface area contributed by atoms with E-state index in [1.807, 2.05) is 24.3 Å². The molecule has 2 heterocycles. The summed E-state index contributed by atoms with van der Waals surface area (Å²) in [6, 6.07) is 10.5. The van der Waals surface area contributed by atoms with Gasteiger partial charge in [-0.05, 0) is 24.3 Å². The highest BCUT2D eigenvalue weighted by atomic mass is 32.1. The van der Waals surface area contributed by atoms with Gasteiger partial charge in [0.1, 0.15) is 10.6 Å². The van der Waals surface area contributed by atoms with Gasteiger partial charge in [-0.25, -0.2) is 9.78 Å². The minimum Gasteiger partial charge on any atom is -0.477 e. The molecule has 0 amide bonds. The van der Waals surface area contributed by atoms with Crippen molar-refractivity contribution in [3.8, 4) is 10.7 Å². The van der Waals surface area contributed by atoms with E-state index in [2.05, 4.69) is 9.97 Å². The number of carbonyl (C=O) groups is 1. The van der Waals surface area contributed by atoms with E-state index in [9.17, 15) is 9.59 Å². The van der Waals surface area contributed by atoms with Gasteiger partial charge in [-0.15, -0.1) is 11.3 Å². The molecule has 0 aliphatic heterocycles. The number of benzene rings is 1. The Morgan fingerprint density at radius 3 is 2.68 bits per heavy atom. The van der Waals surface area contributed by atoms with Gasteiger partial charge in [0.05, 0.1) is 15.9 Å². The zero-order chi connectivity index (χ0) is 13.4. The zero-order valence-corrected chi connectivity index (χ0v) is 10.4. The molecule has 0 bridgehead atoms. The largest absolute Gasteiger partial charge is 0.477 e. The van der Waals surface area contributed by atoms with Crippen molar-refractivity contribution in [2.75, 3.05) is 0 Å². The van der Waals surface area contributed by atoms with Crippen molar-refractivity contribution >= 4 is 27.5 Å². The van der Waals surface area contributed by atoms with Crippen molar-refractivity contribution in [1.29, 1.82) is 0 Å². The van der Waals surface area contributed by atoms with Gasteiger partial charge in [-0.1, -0.05) is 12.1 Å². The molecule has 19 heavy (non-hydrogen) atoms. The lowest BCUT2D eigenvalue weighted by molar-refractivity contribution is 0.0695. The van der Waals surface area contributed by atoms with Gasteiger partial charge >= 0.3 is 5.97 Å². The topological polar surface area (TPSA) is 83.0 Å². The molecule has 5 nitrogen and oxygen atoms in total. The van der Waals surface area contributed by atoms with Crippen LogP contribution < -0.4 is 5.56 Å². The Morgan fingerprint density at radius 2 is 2.00 bits per heavy atom. The zero-order valence-electron chi connectivity index (χ0n) is 9.58. The van der Waals surface area contributed by atoms with E-state index >= 15 is 0 Å². The first kappa shape index (κ1) is 11.6. The number of aromatic nitrogens is 2. The number of carboxylic acid groups (broad SMARTS) is 1. The van der Waals surface area contributed by atoms with E-state index in [1.54, 1.807) is 6.07 Å². The van der Waals surface area contributed by atoms with E-state index < -0.39 is 11.5 Å². The summed E-state index contributed by atoms with van der Waals surface area (Å²) in [5, 5.41) is 9.47. The molecule has 0 aliphatic carbocycles. The van der Waals surface area contributed by atoms with Crippen molar-refractivity contribution in [2.45, 2.75) is 0 Å². The number of carboxylic acids is 1. The predicted octanol–water partition coefficient (Wildman–Crippen LogP) is 2.35. The van der Waals surface area contributed by atoms with Gasteiger partial charge < -0.3 is 10.1 Å². The highest BCUT2D eigenvalue weighted by Crippen LogP contribution is 2.28. The number of pyridine rings is 1. The van der Waals surface area contributed by atoms with Crippen LogP contribution in [0.2, 0.25) is 0 Å². The first-order valence-electron chi connectivity index (χ1n) is 5.48. The smallest absolute Gasteiger partial charge is 0.341 e. The van der Waals surface area contributed by atoms with Crippen LogP contribution in [0.15, 0.2) is 41.2 Å². The second-order valence-electron chi connectivity index (χ2n) is 3.91. The Kier molecular flexibility index (Phi) is 2.64. The minimum atomic E-state index is -1.24. The molecular weight excluding hydrogens is 264 g/mol. The number of rotatable bonds is 2. The SMILES string of the molecule is O=C(O)c1ccc(-c2nc3ccccc3s2)[nH]c1=O. The molecule has 3 rings (SSSR count). The van der Waals surface area contributed by atoms with E-state index in [-0.39, 0.29) is 5.56 Å². The standard InChI is InChI=1S/C13H8N2O3S/c16-11-7(13(17)18)5-6-9(14-11)12-15-8-3-1-2-4-10(8)19-12/h1-6H,(H,14,16)(H,17,18). The van der Waals surface area contributed by atoms with Crippen LogP contribution in [-0.4, -0.2) is 21.0 Å². The lowest BCUT2D eigenvalue weighted by Crippen LogP contribution is -2.17. The number of hydrogen-bond donors (Lipinski definition) is 2.